The lowest BCUT2D eigenvalue weighted by Crippen LogP contribution is -2.18. The maximum atomic E-state index is 13.3. The third kappa shape index (κ3) is 3.78. The van der Waals surface area contributed by atoms with Crippen LogP contribution in [0.2, 0.25) is 5.02 Å². The largest absolute Gasteiger partial charge is 0.306 e. The SMILES string of the molecule is C[C@@H](NCc1cccc(F)c1Cl)c1ccc(Br)cc1. The molecule has 0 bridgehead atoms. The average Bonchev–Trinajstić information content (AvgIpc) is 2.41. The van der Waals surface area contributed by atoms with Gasteiger partial charge in [0.1, 0.15) is 5.82 Å². The predicted molar refractivity (Wildman–Crippen MR) is 80.8 cm³/mol. The molecule has 0 radical (unpaired) electrons. The topological polar surface area (TPSA) is 12.0 Å². The van der Waals surface area contributed by atoms with Crippen LogP contribution in [0.1, 0.15) is 24.1 Å². The average molecular weight is 343 g/mol. The van der Waals surface area contributed by atoms with E-state index in [-0.39, 0.29) is 16.9 Å². The summed E-state index contributed by atoms with van der Waals surface area (Å²) in [5.74, 6) is -0.378. The van der Waals surface area contributed by atoms with E-state index in [0.717, 1.165) is 10.0 Å². The van der Waals surface area contributed by atoms with Gasteiger partial charge in [-0.1, -0.05) is 51.8 Å². The minimum absolute atomic E-state index is 0.174. The highest BCUT2D eigenvalue weighted by molar-refractivity contribution is 9.10. The fourth-order valence-corrected chi connectivity index (χ4v) is 2.27. The van der Waals surface area contributed by atoms with E-state index in [1.165, 1.54) is 11.6 Å². The van der Waals surface area contributed by atoms with Crippen LogP contribution in [0, 0.1) is 5.82 Å². The van der Waals surface area contributed by atoms with Crippen LogP contribution in [0.25, 0.3) is 0 Å². The van der Waals surface area contributed by atoms with Crippen LogP contribution in [0.15, 0.2) is 46.9 Å². The van der Waals surface area contributed by atoms with Crippen LogP contribution < -0.4 is 5.32 Å². The van der Waals surface area contributed by atoms with E-state index in [0.29, 0.717) is 6.54 Å². The van der Waals surface area contributed by atoms with Gasteiger partial charge >= 0.3 is 0 Å². The summed E-state index contributed by atoms with van der Waals surface area (Å²) in [5.41, 5.74) is 1.95. The number of nitrogens with one attached hydrogen (secondary N) is 1. The van der Waals surface area contributed by atoms with Crippen molar-refractivity contribution >= 4 is 27.5 Å². The zero-order chi connectivity index (χ0) is 13.8. The van der Waals surface area contributed by atoms with Gasteiger partial charge in [0.05, 0.1) is 5.02 Å². The van der Waals surface area contributed by atoms with Crippen molar-refractivity contribution in [2.45, 2.75) is 19.5 Å². The lowest BCUT2D eigenvalue weighted by Gasteiger charge is -2.15. The summed E-state index contributed by atoms with van der Waals surface area (Å²) in [6, 6.07) is 13.1. The minimum Gasteiger partial charge on any atom is -0.306 e. The van der Waals surface area contributed by atoms with Crippen molar-refractivity contribution in [3.05, 3.63) is 68.9 Å². The number of halogens is 3. The molecule has 19 heavy (non-hydrogen) atoms. The summed E-state index contributed by atoms with van der Waals surface area (Å²) in [5, 5.41) is 3.53. The van der Waals surface area contributed by atoms with Gasteiger partial charge in [-0.15, -0.1) is 0 Å². The van der Waals surface area contributed by atoms with Crippen molar-refractivity contribution in [2.24, 2.45) is 0 Å². The van der Waals surface area contributed by atoms with E-state index < -0.39 is 0 Å². The Hall–Kier alpha value is -0.900. The fraction of sp³-hybridized carbons (Fsp3) is 0.200. The van der Waals surface area contributed by atoms with Crippen molar-refractivity contribution in [1.82, 2.24) is 5.32 Å². The van der Waals surface area contributed by atoms with Crippen molar-refractivity contribution in [2.75, 3.05) is 0 Å². The molecule has 1 atom stereocenters. The molecule has 1 nitrogen and oxygen atoms in total. The Bertz CT molecular complexity index is 557. The summed E-state index contributed by atoms with van der Waals surface area (Å²) in [6.45, 7) is 2.60. The third-order valence-electron chi connectivity index (χ3n) is 3.00. The number of rotatable bonds is 4. The molecule has 0 aliphatic carbocycles. The first-order valence-electron chi connectivity index (χ1n) is 5.99. The molecule has 0 spiro atoms. The second kappa shape index (κ2) is 6.51. The molecule has 0 amide bonds. The maximum Gasteiger partial charge on any atom is 0.142 e. The highest BCUT2D eigenvalue weighted by Gasteiger charge is 2.08. The highest BCUT2D eigenvalue weighted by atomic mass is 79.9. The zero-order valence-corrected chi connectivity index (χ0v) is 12.8. The lowest BCUT2D eigenvalue weighted by molar-refractivity contribution is 0.569. The lowest BCUT2D eigenvalue weighted by atomic mass is 10.1. The Morgan fingerprint density at radius 3 is 2.58 bits per heavy atom. The normalized spacial score (nSPS) is 12.4. The van der Waals surface area contributed by atoms with Crippen LogP contribution in [0.3, 0.4) is 0 Å². The van der Waals surface area contributed by atoms with Crippen LogP contribution >= 0.6 is 27.5 Å². The molecule has 0 fully saturated rings. The molecule has 1 N–H and O–H groups in total. The van der Waals surface area contributed by atoms with Crippen molar-refractivity contribution in [3.8, 4) is 0 Å². The van der Waals surface area contributed by atoms with E-state index in [4.69, 9.17) is 11.6 Å². The number of hydrogen-bond donors (Lipinski definition) is 1. The zero-order valence-electron chi connectivity index (χ0n) is 10.5. The van der Waals surface area contributed by atoms with E-state index in [1.807, 2.05) is 18.2 Å². The van der Waals surface area contributed by atoms with Crippen molar-refractivity contribution in [1.29, 1.82) is 0 Å². The first-order valence-corrected chi connectivity index (χ1v) is 7.17. The summed E-state index contributed by atoms with van der Waals surface area (Å²) in [7, 11) is 0. The van der Waals surface area contributed by atoms with Gasteiger partial charge in [-0.3, -0.25) is 0 Å². The van der Waals surface area contributed by atoms with Crippen LogP contribution in [-0.4, -0.2) is 0 Å². The highest BCUT2D eigenvalue weighted by Crippen LogP contribution is 2.21. The predicted octanol–water partition coefficient (Wildman–Crippen LogP) is 5.09. The molecule has 0 aromatic heterocycles. The molecule has 0 heterocycles. The Morgan fingerprint density at radius 1 is 1.21 bits per heavy atom. The summed E-state index contributed by atoms with van der Waals surface area (Å²) in [6.07, 6.45) is 0. The smallest absolute Gasteiger partial charge is 0.142 e. The van der Waals surface area contributed by atoms with E-state index >= 15 is 0 Å². The number of benzene rings is 2. The maximum absolute atomic E-state index is 13.3. The molecule has 2 rings (SSSR count). The van der Waals surface area contributed by atoms with Gasteiger partial charge in [0.2, 0.25) is 0 Å². The Kier molecular flexibility index (Phi) is 4.97. The van der Waals surface area contributed by atoms with Gasteiger partial charge in [-0.25, -0.2) is 4.39 Å². The molecule has 4 heteroatoms. The van der Waals surface area contributed by atoms with Crippen molar-refractivity contribution in [3.63, 3.8) is 0 Å². The molecule has 0 aliphatic heterocycles. The molecule has 100 valence electrons. The second-order valence-electron chi connectivity index (χ2n) is 4.37. The molecule has 0 unspecified atom stereocenters. The monoisotopic (exact) mass is 341 g/mol. The first-order chi connectivity index (χ1) is 9.08. The minimum atomic E-state index is -0.378. The first kappa shape index (κ1) is 14.5. The van der Waals surface area contributed by atoms with E-state index in [2.05, 4.69) is 40.3 Å². The van der Waals surface area contributed by atoms with Gasteiger partial charge in [-0.2, -0.15) is 0 Å². The quantitative estimate of drug-likeness (QED) is 0.816. The molecule has 2 aromatic carbocycles. The van der Waals surface area contributed by atoms with Crippen molar-refractivity contribution < 1.29 is 4.39 Å². The van der Waals surface area contributed by atoms with E-state index in [1.54, 1.807) is 6.07 Å². The van der Waals surface area contributed by atoms with Gasteiger partial charge in [0.15, 0.2) is 0 Å². The second-order valence-corrected chi connectivity index (χ2v) is 5.66. The van der Waals surface area contributed by atoms with E-state index in [9.17, 15) is 4.39 Å². The summed E-state index contributed by atoms with van der Waals surface area (Å²) < 4.78 is 14.4. The van der Waals surface area contributed by atoms with Gasteiger partial charge in [-0.05, 0) is 36.2 Å². The third-order valence-corrected chi connectivity index (χ3v) is 3.95. The van der Waals surface area contributed by atoms with Gasteiger partial charge in [0.25, 0.3) is 0 Å². The van der Waals surface area contributed by atoms with Gasteiger partial charge < -0.3 is 5.32 Å². The van der Waals surface area contributed by atoms with Crippen LogP contribution in [0.4, 0.5) is 4.39 Å². The summed E-state index contributed by atoms with van der Waals surface area (Å²) >= 11 is 9.33. The Morgan fingerprint density at radius 2 is 1.89 bits per heavy atom. The summed E-state index contributed by atoms with van der Waals surface area (Å²) in [4.78, 5) is 0. The molecule has 2 aromatic rings. The van der Waals surface area contributed by atoms with Gasteiger partial charge in [0, 0.05) is 17.1 Å². The molecule has 0 aliphatic rings. The van der Waals surface area contributed by atoms with Crippen LogP contribution in [0.5, 0.6) is 0 Å². The molecular formula is C15H14BrClFN. The molecular weight excluding hydrogens is 329 g/mol. The fourth-order valence-electron chi connectivity index (χ4n) is 1.82. The number of hydrogen-bond acceptors (Lipinski definition) is 1. The van der Waals surface area contributed by atoms with Crippen LogP contribution in [-0.2, 0) is 6.54 Å². The Balaban J connectivity index is 2.02. The molecule has 0 saturated carbocycles. The Labute approximate surface area is 125 Å². The standard InChI is InChI=1S/C15H14BrClFN/c1-10(11-5-7-13(16)8-6-11)19-9-12-3-2-4-14(18)15(12)17/h2-8,10,19H,9H2,1H3/t10-/m1/s1. The molecule has 0 saturated heterocycles.